The van der Waals surface area contributed by atoms with Gasteiger partial charge in [-0.2, -0.15) is 0 Å². The van der Waals surface area contributed by atoms with E-state index < -0.39 is 53.9 Å². The van der Waals surface area contributed by atoms with Crippen molar-refractivity contribution in [1.29, 1.82) is 0 Å². The maximum absolute atomic E-state index is 12.9. The van der Waals surface area contributed by atoms with Gasteiger partial charge in [0.15, 0.2) is 0 Å². The van der Waals surface area contributed by atoms with Gasteiger partial charge in [0.2, 0.25) is 11.1 Å². The monoisotopic (exact) mass is 616 g/mol. The predicted octanol–water partition coefficient (Wildman–Crippen LogP) is -3.64. The molecule has 4 rings (SSSR count). The zero-order chi connectivity index (χ0) is 29.0. The summed E-state index contributed by atoms with van der Waals surface area (Å²) in [5.74, 6) is -2.82. The summed E-state index contributed by atoms with van der Waals surface area (Å²) in [6.45, 7) is -0.499. The second-order valence-corrected chi connectivity index (χ2v) is 10.7. The van der Waals surface area contributed by atoms with Crippen molar-refractivity contribution in [3.05, 3.63) is 41.1 Å². The van der Waals surface area contributed by atoms with Crippen LogP contribution >= 0.6 is 23.5 Å². The van der Waals surface area contributed by atoms with Crippen LogP contribution in [0, 0.1) is 0 Å². The Morgan fingerprint density at radius 2 is 1.98 bits per heavy atom. The van der Waals surface area contributed by atoms with Crippen LogP contribution in [-0.4, -0.2) is 101 Å². The number of aliphatic carboxylic acids is 2. The number of amides is 3. The molecular formula is C22H25N8NaO8S2. The van der Waals surface area contributed by atoms with Gasteiger partial charge >= 0.3 is 47.6 Å². The minimum absolute atomic E-state index is 0. The smallest absolute Gasteiger partial charge is 1.00 e. The molecule has 19 heteroatoms. The zero-order valence-corrected chi connectivity index (χ0v) is 25.5. The van der Waals surface area contributed by atoms with E-state index in [0.29, 0.717) is 27.7 Å². The van der Waals surface area contributed by atoms with Crippen LogP contribution in [0.15, 0.2) is 40.7 Å². The van der Waals surface area contributed by atoms with Crippen molar-refractivity contribution in [2.75, 3.05) is 23.4 Å². The topological polar surface area (TPSA) is 232 Å². The summed E-state index contributed by atoms with van der Waals surface area (Å²) >= 11 is 2.62. The van der Waals surface area contributed by atoms with Crippen LogP contribution in [0.2, 0.25) is 0 Å². The quantitative estimate of drug-likeness (QED) is 0.0932. The van der Waals surface area contributed by atoms with Gasteiger partial charge in [-0.05, 0) is 33.7 Å². The molecule has 1 aromatic carbocycles. The van der Waals surface area contributed by atoms with Crippen LogP contribution in [0.25, 0.3) is 0 Å². The first kappa shape index (κ1) is 32.4. The first-order chi connectivity index (χ1) is 19.0. The molecule has 1 fully saturated rings. The van der Waals surface area contributed by atoms with E-state index in [9.17, 15) is 29.1 Å². The van der Waals surface area contributed by atoms with Crippen molar-refractivity contribution in [3.8, 4) is 0 Å². The number of fused-ring (bicyclic) bond motifs is 1. The molecule has 0 spiro atoms. The number of carbonyl (C=O) groups is 5. The molecule has 16 nitrogen and oxygen atoms in total. The number of anilines is 1. The van der Waals surface area contributed by atoms with Crippen LogP contribution in [0.4, 0.5) is 10.5 Å². The van der Waals surface area contributed by atoms with Crippen molar-refractivity contribution in [2.24, 2.45) is 12.8 Å². The molecule has 1 aromatic heterocycles. The number of hydrogen-bond donors (Lipinski definition) is 5. The number of thioether (sulfide) groups is 2. The number of aryl methyl sites for hydroxylation is 1. The van der Waals surface area contributed by atoms with E-state index in [1.807, 2.05) is 0 Å². The molecule has 1 saturated heterocycles. The molecule has 3 amide bonds. The fourth-order valence-corrected chi connectivity index (χ4v) is 6.13. The Bertz CT molecular complexity index is 1380. The summed E-state index contributed by atoms with van der Waals surface area (Å²) in [7, 11) is 1.66. The van der Waals surface area contributed by atoms with Crippen LogP contribution in [-0.2, 0) is 37.4 Å². The van der Waals surface area contributed by atoms with Crippen molar-refractivity contribution >= 4 is 59.1 Å². The van der Waals surface area contributed by atoms with Crippen LogP contribution in [0.5, 0.6) is 0 Å². The average Bonchev–Trinajstić information content (AvgIpc) is 3.33. The normalized spacial score (nSPS) is 18.4. The summed E-state index contributed by atoms with van der Waals surface area (Å²) in [4.78, 5) is 61.2. The van der Waals surface area contributed by atoms with Gasteiger partial charge < -0.3 is 27.4 Å². The van der Waals surface area contributed by atoms with Gasteiger partial charge in [0.1, 0.15) is 29.8 Å². The molecule has 2 aliphatic heterocycles. The number of rotatable bonds is 11. The molecule has 0 saturated carbocycles. The number of carbonyl (C=O) groups excluding carboxylic acids is 3. The SMILES string of the molecule is Cn1nnnc1SCC1=C(C(=O)O)N2C(=O)[C@@H](NC(=O)Cc3ccc(NC(=O)OC[C@H](N)C(=O)O)cc3)[C@H]2SC1.[H-].[Na+]. The molecule has 0 aliphatic carbocycles. The number of nitrogens with one attached hydrogen (secondary N) is 2. The number of nitrogens with zero attached hydrogens (tertiary/aromatic N) is 5. The number of ether oxygens (including phenoxy) is 1. The third-order valence-electron chi connectivity index (χ3n) is 5.80. The van der Waals surface area contributed by atoms with Gasteiger partial charge in [-0.3, -0.25) is 24.6 Å². The first-order valence-electron chi connectivity index (χ1n) is 11.6. The Kier molecular flexibility index (Phi) is 11.2. The first-order valence-corrected chi connectivity index (χ1v) is 13.6. The second-order valence-electron chi connectivity index (χ2n) is 8.63. The van der Waals surface area contributed by atoms with E-state index in [-0.39, 0.29) is 48.9 Å². The Labute approximate surface area is 264 Å². The third-order valence-corrected chi connectivity index (χ3v) is 8.24. The zero-order valence-electron chi connectivity index (χ0n) is 22.8. The number of β-lactam (4-membered cyclic amide) rings is 1. The molecule has 0 unspecified atom stereocenters. The number of tetrazole rings is 1. The van der Waals surface area contributed by atoms with E-state index in [2.05, 4.69) is 26.2 Å². The van der Waals surface area contributed by atoms with Crippen molar-refractivity contribution in [3.63, 3.8) is 0 Å². The average molecular weight is 617 g/mol. The molecule has 41 heavy (non-hydrogen) atoms. The van der Waals surface area contributed by atoms with Gasteiger partial charge in [0.05, 0.1) is 6.42 Å². The molecular weight excluding hydrogens is 591 g/mol. The summed E-state index contributed by atoms with van der Waals surface area (Å²) in [5, 5.41) is 34.7. The molecule has 2 aromatic rings. The predicted molar refractivity (Wildman–Crippen MR) is 141 cm³/mol. The van der Waals surface area contributed by atoms with Gasteiger partial charge in [-0.25, -0.2) is 14.3 Å². The van der Waals surface area contributed by atoms with E-state index >= 15 is 0 Å². The van der Waals surface area contributed by atoms with E-state index in [1.165, 1.54) is 45.2 Å². The van der Waals surface area contributed by atoms with Crippen LogP contribution in [0.3, 0.4) is 0 Å². The van der Waals surface area contributed by atoms with Gasteiger partial charge in [0, 0.05) is 24.2 Å². The van der Waals surface area contributed by atoms with E-state index in [4.69, 9.17) is 15.6 Å². The third kappa shape index (κ3) is 7.77. The summed E-state index contributed by atoms with van der Waals surface area (Å²) in [5.41, 5.74) is 6.68. The number of benzene rings is 1. The standard InChI is InChI=1S/C22H24N8O8S2.Na.H/c1-29-21(26-27-28-29)40-9-11-8-39-18-15(17(32)30(18)16(11)20(35)36)25-14(31)6-10-2-4-12(5-3-10)24-22(37)38-7-13(23)19(33)34;;/h2-5,13,15,18H,6-9,23H2,1H3,(H,24,37)(H,25,31)(H,33,34)(H,35,36);;/q;+1;-1/t13-,15+,18+;;/m0../s1. The number of hydrogen-bond acceptors (Lipinski definition) is 12. The van der Waals surface area contributed by atoms with Gasteiger partial charge in [0.25, 0.3) is 5.91 Å². The van der Waals surface area contributed by atoms with E-state index in [0.717, 1.165) is 0 Å². The van der Waals surface area contributed by atoms with Crippen molar-refractivity contribution < 1.29 is 69.9 Å². The number of nitrogens with two attached hydrogens (primary N) is 1. The Balaban J connectivity index is 0.00000308. The largest absolute Gasteiger partial charge is 1.00 e. The molecule has 214 valence electrons. The molecule has 0 radical (unpaired) electrons. The minimum atomic E-state index is -1.34. The Hall–Kier alpha value is -3.16. The second kappa shape index (κ2) is 14.1. The van der Waals surface area contributed by atoms with Crippen LogP contribution in [0.1, 0.15) is 6.99 Å². The fourth-order valence-electron chi connectivity index (χ4n) is 3.80. The number of carboxylic acids is 2. The van der Waals surface area contributed by atoms with Gasteiger partial charge in [-0.15, -0.1) is 16.9 Å². The summed E-state index contributed by atoms with van der Waals surface area (Å²) in [6, 6.07) is 4.02. The fraction of sp³-hybridized carbons (Fsp3) is 0.364. The van der Waals surface area contributed by atoms with E-state index in [1.54, 1.807) is 19.2 Å². The molecule has 2 aliphatic rings. The maximum atomic E-state index is 12.9. The Morgan fingerprint density at radius 1 is 1.27 bits per heavy atom. The summed E-state index contributed by atoms with van der Waals surface area (Å²) in [6.07, 6.45) is -0.948. The number of carboxylic acid groups (broad SMARTS) is 2. The molecule has 6 N–H and O–H groups in total. The molecule has 3 atom stereocenters. The van der Waals surface area contributed by atoms with Gasteiger partial charge in [-0.1, -0.05) is 23.9 Å². The van der Waals surface area contributed by atoms with Crippen molar-refractivity contribution in [2.45, 2.75) is 29.0 Å². The number of aromatic nitrogens is 4. The maximum Gasteiger partial charge on any atom is 1.00 e. The van der Waals surface area contributed by atoms with Crippen molar-refractivity contribution in [1.82, 2.24) is 30.4 Å². The summed E-state index contributed by atoms with van der Waals surface area (Å²) < 4.78 is 6.20. The Morgan fingerprint density at radius 3 is 2.59 bits per heavy atom. The molecule has 0 bridgehead atoms. The minimum Gasteiger partial charge on any atom is -1.00 e. The molecule has 3 heterocycles. The van der Waals surface area contributed by atoms with Crippen LogP contribution < -0.4 is 45.9 Å².